The fraction of sp³-hybridized carbons (Fsp3) is 0.600. The van der Waals surface area contributed by atoms with E-state index >= 15 is 0 Å². The first-order valence-electron chi connectivity index (χ1n) is 6.95. The Labute approximate surface area is 110 Å². The van der Waals surface area contributed by atoms with Gasteiger partial charge in [0.05, 0.1) is 12.3 Å². The van der Waals surface area contributed by atoms with E-state index in [1.54, 1.807) is 0 Å². The Hall–Kier alpha value is -1.38. The van der Waals surface area contributed by atoms with Crippen LogP contribution in [-0.2, 0) is 6.42 Å². The van der Waals surface area contributed by atoms with E-state index < -0.39 is 0 Å². The number of unbranched alkanes of at least 4 members (excludes halogenated alkanes) is 3. The molecule has 0 aliphatic rings. The third-order valence-electron chi connectivity index (χ3n) is 2.99. The molecule has 0 atom stereocenters. The Morgan fingerprint density at radius 1 is 1.11 bits per heavy atom. The fourth-order valence-corrected chi connectivity index (χ4v) is 1.86. The Balaban J connectivity index is 2.65. The van der Waals surface area contributed by atoms with Gasteiger partial charge in [0.15, 0.2) is 0 Å². The highest BCUT2D eigenvalue weighted by Crippen LogP contribution is 2.26. The van der Waals surface area contributed by atoms with Crippen molar-refractivity contribution in [3.05, 3.63) is 23.8 Å². The predicted octanol–water partition coefficient (Wildman–Crippen LogP) is 5.26. The summed E-state index contributed by atoms with van der Waals surface area (Å²) in [6.45, 7) is 5.12. The number of rotatable bonds is 9. The lowest BCUT2D eigenvalue weighted by Gasteiger charge is -2.09. The molecular formula is C15H24N2O. The second-order valence-electron chi connectivity index (χ2n) is 4.56. The maximum atomic E-state index is 7.19. The molecule has 0 amide bonds. The molecule has 1 aromatic carbocycles. The third kappa shape index (κ3) is 4.86. The summed E-state index contributed by atoms with van der Waals surface area (Å²) in [6, 6.07) is 5.83. The first-order chi connectivity index (χ1) is 8.81. The average Bonchev–Trinajstić information content (AvgIpc) is 2.40. The molecule has 3 heteroatoms. The molecule has 0 fully saturated rings. The summed E-state index contributed by atoms with van der Waals surface area (Å²) in [5.41, 5.74) is 9.09. The van der Waals surface area contributed by atoms with Crippen LogP contribution in [0.1, 0.15) is 51.5 Å². The van der Waals surface area contributed by atoms with Crippen LogP contribution in [-0.4, -0.2) is 6.61 Å². The summed E-state index contributed by atoms with van der Waals surface area (Å²) >= 11 is 0. The summed E-state index contributed by atoms with van der Waals surface area (Å²) in [5, 5.41) is 3.58. The maximum absolute atomic E-state index is 7.19. The van der Waals surface area contributed by atoms with E-state index in [0.717, 1.165) is 49.3 Å². The minimum absolute atomic E-state index is 0.766. The van der Waals surface area contributed by atoms with Crippen LogP contribution in [0.5, 0.6) is 5.75 Å². The van der Waals surface area contributed by atoms with Gasteiger partial charge in [-0.2, -0.15) is 5.11 Å². The molecule has 0 spiro atoms. The topological polar surface area (TPSA) is 45.4 Å². The van der Waals surface area contributed by atoms with Crippen molar-refractivity contribution in [1.29, 1.82) is 5.53 Å². The van der Waals surface area contributed by atoms with E-state index in [-0.39, 0.29) is 0 Å². The number of nitrogens with one attached hydrogen (secondary N) is 1. The summed E-state index contributed by atoms with van der Waals surface area (Å²) in [4.78, 5) is 0. The minimum Gasteiger partial charge on any atom is -0.494 e. The van der Waals surface area contributed by atoms with E-state index in [0.29, 0.717) is 0 Å². The van der Waals surface area contributed by atoms with Crippen LogP contribution in [0.4, 0.5) is 5.69 Å². The molecule has 0 unspecified atom stereocenters. The molecule has 0 bridgehead atoms. The van der Waals surface area contributed by atoms with E-state index in [1.165, 1.54) is 12.8 Å². The number of benzene rings is 1. The Bertz CT molecular complexity index is 364. The summed E-state index contributed by atoms with van der Waals surface area (Å²) < 4.78 is 5.69. The van der Waals surface area contributed by atoms with Gasteiger partial charge in [-0.05, 0) is 43.0 Å². The highest BCUT2D eigenvalue weighted by molar-refractivity contribution is 5.49. The van der Waals surface area contributed by atoms with Gasteiger partial charge in [-0.1, -0.05) is 33.1 Å². The molecule has 1 N–H and O–H groups in total. The van der Waals surface area contributed by atoms with Crippen molar-refractivity contribution in [3.8, 4) is 5.75 Å². The smallest absolute Gasteiger partial charge is 0.119 e. The highest BCUT2D eigenvalue weighted by atomic mass is 16.5. The lowest BCUT2D eigenvalue weighted by Crippen LogP contribution is -1.97. The fourth-order valence-electron chi connectivity index (χ4n) is 1.86. The van der Waals surface area contributed by atoms with E-state index in [2.05, 4.69) is 19.0 Å². The number of nitrogens with zero attached hydrogens (tertiary/aromatic N) is 1. The summed E-state index contributed by atoms with van der Waals surface area (Å²) in [7, 11) is 0. The minimum atomic E-state index is 0.766. The van der Waals surface area contributed by atoms with Gasteiger partial charge in [-0.3, -0.25) is 0 Å². The first-order valence-corrected chi connectivity index (χ1v) is 6.95. The van der Waals surface area contributed by atoms with E-state index in [9.17, 15) is 0 Å². The first kappa shape index (κ1) is 14.7. The van der Waals surface area contributed by atoms with Crippen molar-refractivity contribution in [1.82, 2.24) is 0 Å². The number of hydrogen-bond acceptors (Lipinski definition) is 3. The van der Waals surface area contributed by atoms with Crippen LogP contribution < -0.4 is 4.74 Å². The standard InChI is InChI=1S/C15H24N2O/c1-3-5-7-8-13-12-14(18-11-6-4-2)9-10-15(13)17-16/h9-10,12,16H,3-8,11H2,1-2H3. The third-order valence-corrected chi connectivity index (χ3v) is 2.99. The Morgan fingerprint density at radius 3 is 2.56 bits per heavy atom. The molecule has 0 aliphatic carbocycles. The molecular weight excluding hydrogens is 224 g/mol. The molecule has 0 heterocycles. The molecule has 0 saturated heterocycles. The van der Waals surface area contributed by atoms with Gasteiger partial charge in [0.1, 0.15) is 5.75 Å². The van der Waals surface area contributed by atoms with Crippen LogP contribution in [0.3, 0.4) is 0 Å². The molecule has 100 valence electrons. The lowest BCUT2D eigenvalue weighted by atomic mass is 10.1. The van der Waals surface area contributed by atoms with Gasteiger partial charge in [0.25, 0.3) is 0 Å². The zero-order valence-corrected chi connectivity index (χ0v) is 11.5. The highest BCUT2D eigenvalue weighted by Gasteiger charge is 2.04. The molecule has 0 aliphatic heterocycles. The maximum Gasteiger partial charge on any atom is 0.119 e. The Morgan fingerprint density at radius 2 is 1.89 bits per heavy atom. The van der Waals surface area contributed by atoms with Crippen molar-refractivity contribution < 1.29 is 4.74 Å². The quantitative estimate of drug-likeness (QED) is 0.470. The van der Waals surface area contributed by atoms with Crippen LogP contribution in [0.2, 0.25) is 0 Å². The average molecular weight is 248 g/mol. The van der Waals surface area contributed by atoms with Gasteiger partial charge in [-0.15, -0.1) is 0 Å². The van der Waals surface area contributed by atoms with Crippen LogP contribution in [0, 0.1) is 5.53 Å². The molecule has 0 saturated carbocycles. The SMILES string of the molecule is CCCCCc1cc(OCCCC)ccc1N=N. The van der Waals surface area contributed by atoms with Crippen LogP contribution >= 0.6 is 0 Å². The predicted molar refractivity (Wildman–Crippen MR) is 74.9 cm³/mol. The normalized spacial score (nSPS) is 10.3. The monoisotopic (exact) mass is 248 g/mol. The molecule has 1 rings (SSSR count). The van der Waals surface area contributed by atoms with Crippen LogP contribution in [0.15, 0.2) is 23.3 Å². The van der Waals surface area contributed by atoms with Gasteiger partial charge in [0.2, 0.25) is 0 Å². The van der Waals surface area contributed by atoms with E-state index in [1.807, 2.05) is 18.2 Å². The molecule has 3 nitrogen and oxygen atoms in total. The molecule has 0 radical (unpaired) electrons. The molecule has 0 aromatic heterocycles. The summed E-state index contributed by atoms with van der Waals surface area (Å²) in [5.74, 6) is 0.905. The van der Waals surface area contributed by atoms with Crippen molar-refractivity contribution in [3.63, 3.8) is 0 Å². The second kappa shape index (κ2) is 8.67. The van der Waals surface area contributed by atoms with E-state index in [4.69, 9.17) is 10.3 Å². The lowest BCUT2D eigenvalue weighted by molar-refractivity contribution is 0.309. The summed E-state index contributed by atoms with van der Waals surface area (Å²) in [6.07, 6.45) is 6.78. The molecule has 18 heavy (non-hydrogen) atoms. The van der Waals surface area contributed by atoms with Crippen molar-refractivity contribution in [2.75, 3.05) is 6.61 Å². The number of ether oxygens (including phenoxy) is 1. The molecule has 1 aromatic rings. The number of hydrogen-bond donors (Lipinski definition) is 1. The Kier molecular flexibility index (Phi) is 7.07. The van der Waals surface area contributed by atoms with Gasteiger partial charge < -0.3 is 4.74 Å². The second-order valence-corrected chi connectivity index (χ2v) is 4.56. The largest absolute Gasteiger partial charge is 0.494 e. The van der Waals surface area contributed by atoms with Crippen molar-refractivity contribution >= 4 is 5.69 Å². The van der Waals surface area contributed by atoms with Crippen LogP contribution in [0.25, 0.3) is 0 Å². The van der Waals surface area contributed by atoms with Gasteiger partial charge in [0, 0.05) is 0 Å². The number of aryl methyl sites for hydroxylation is 1. The van der Waals surface area contributed by atoms with Crippen molar-refractivity contribution in [2.45, 2.75) is 52.4 Å². The zero-order valence-electron chi connectivity index (χ0n) is 11.5. The van der Waals surface area contributed by atoms with Crippen molar-refractivity contribution in [2.24, 2.45) is 5.11 Å². The van der Waals surface area contributed by atoms with Gasteiger partial charge in [-0.25, -0.2) is 5.53 Å². The van der Waals surface area contributed by atoms with Gasteiger partial charge >= 0.3 is 0 Å². The zero-order chi connectivity index (χ0) is 13.2.